The van der Waals surface area contributed by atoms with Crippen molar-refractivity contribution in [2.45, 2.75) is 63.6 Å². The summed E-state index contributed by atoms with van der Waals surface area (Å²) in [5, 5.41) is 0. The molecular formula is C16H25Br. The number of halogens is 1. The lowest BCUT2D eigenvalue weighted by molar-refractivity contribution is 0.666. The number of aryl methyl sites for hydroxylation is 1. The van der Waals surface area contributed by atoms with Crippen molar-refractivity contribution < 1.29 is 0 Å². The lowest BCUT2D eigenvalue weighted by atomic mass is 9.99. The molecule has 0 aromatic heterocycles. The molecule has 96 valence electrons. The van der Waals surface area contributed by atoms with Crippen LogP contribution >= 0.6 is 15.9 Å². The highest BCUT2D eigenvalue weighted by atomic mass is 79.9. The van der Waals surface area contributed by atoms with Crippen LogP contribution in [0.1, 0.15) is 57.6 Å². The third kappa shape index (κ3) is 6.88. The minimum absolute atomic E-state index is 0.204. The number of alkyl halides is 1. The highest BCUT2D eigenvalue weighted by molar-refractivity contribution is 9.10. The number of rotatable bonds is 7. The molecule has 0 aliphatic rings. The van der Waals surface area contributed by atoms with Gasteiger partial charge in [-0.3, -0.25) is 0 Å². The molecule has 0 aliphatic carbocycles. The Hall–Kier alpha value is -0.300. The van der Waals surface area contributed by atoms with Crippen LogP contribution in [0, 0.1) is 0 Å². The maximum atomic E-state index is 3.69. The van der Waals surface area contributed by atoms with Crippen molar-refractivity contribution in [3.8, 4) is 0 Å². The first kappa shape index (κ1) is 14.8. The highest BCUT2D eigenvalue weighted by Crippen LogP contribution is 2.22. The van der Waals surface area contributed by atoms with Gasteiger partial charge in [0.2, 0.25) is 0 Å². The Balaban J connectivity index is 2.39. The van der Waals surface area contributed by atoms with Gasteiger partial charge in [0.05, 0.1) is 0 Å². The molecule has 0 radical (unpaired) electrons. The first-order valence-electron chi connectivity index (χ1n) is 6.78. The summed E-state index contributed by atoms with van der Waals surface area (Å²) in [7, 11) is 0. The van der Waals surface area contributed by atoms with Crippen molar-refractivity contribution in [1.29, 1.82) is 0 Å². The van der Waals surface area contributed by atoms with Crippen LogP contribution in [0.15, 0.2) is 24.3 Å². The molecule has 1 heteroatoms. The average Bonchev–Trinajstić information content (AvgIpc) is 2.25. The first-order valence-corrected chi connectivity index (χ1v) is 7.57. The predicted molar refractivity (Wildman–Crippen MR) is 81.0 cm³/mol. The molecule has 0 N–H and O–H groups in total. The summed E-state index contributed by atoms with van der Waals surface area (Å²) in [6.45, 7) is 6.69. The number of benzene rings is 1. The predicted octanol–water partition coefficient (Wildman–Crippen LogP) is 5.53. The minimum Gasteiger partial charge on any atom is -0.0856 e. The van der Waals surface area contributed by atoms with E-state index in [2.05, 4.69) is 61.0 Å². The molecule has 0 fully saturated rings. The van der Waals surface area contributed by atoms with Crippen molar-refractivity contribution in [1.82, 2.24) is 0 Å². The van der Waals surface area contributed by atoms with E-state index in [1.54, 1.807) is 0 Å². The molecule has 0 bridgehead atoms. The van der Waals surface area contributed by atoms with E-state index in [0.717, 1.165) is 6.42 Å². The standard InChI is InChI=1S/C16H25Br/c1-4-5-6-7-8-14-9-11-15(12-10-14)13-16(2,3)17/h9-12H,4-8,13H2,1-3H3. The second kappa shape index (κ2) is 7.20. The van der Waals surface area contributed by atoms with Gasteiger partial charge in [-0.15, -0.1) is 0 Å². The molecule has 0 atom stereocenters. The van der Waals surface area contributed by atoms with Crippen LogP contribution in [-0.2, 0) is 12.8 Å². The summed E-state index contributed by atoms with van der Waals surface area (Å²) in [4.78, 5) is 0. The van der Waals surface area contributed by atoms with Crippen LogP contribution in [0.3, 0.4) is 0 Å². The number of hydrogen-bond acceptors (Lipinski definition) is 0. The van der Waals surface area contributed by atoms with Gasteiger partial charge in [0.1, 0.15) is 0 Å². The van der Waals surface area contributed by atoms with Crippen molar-refractivity contribution in [3.63, 3.8) is 0 Å². The fourth-order valence-corrected chi connectivity index (χ4v) is 2.39. The second-order valence-corrected chi connectivity index (χ2v) is 7.67. The smallest absolute Gasteiger partial charge is 0.0242 e. The van der Waals surface area contributed by atoms with E-state index in [1.165, 1.54) is 43.2 Å². The molecule has 1 aromatic rings. The summed E-state index contributed by atoms with van der Waals surface area (Å²) >= 11 is 3.69. The van der Waals surface area contributed by atoms with Gasteiger partial charge in [-0.25, -0.2) is 0 Å². The average molecular weight is 297 g/mol. The van der Waals surface area contributed by atoms with E-state index < -0.39 is 0 Å². The van der Waals surface area contributed by atoms with Gasteiger partial charge in [-0.05, 0) is 44.2 Å². The van der Waals surface area contributed by atoms with Crippen LogP contribution < -0.4 is 0 Å². The lowest BCUT2D eigenvalue weighted by Gasteiger charge is -2.16. The van der Waals surface area contributed by atoms with Gasteiger partial charge in [0.15, 0.2) is 0 Å². The zero-order chi connectivity index (χ0) is 12.7. The molecular weight excluding hydrogens is 272 g/mol. The maximum Gasteiger partial charge on any atom is 0.0242 e. The monoisotopic (exact) mass is 296 g/mol. The van der Waals surface area contributed by atoms with Gasteiger partial charge in [-0.2, -0.15) is 0 Å². The normalized spacial score (nSPS) is 11.8. The summed E-state index contributed by atoms with van der Waals surface area (Å²) in [5.41, 5.74) is 2.90. The zero-order valence-corrected chi connectivity index (χ0v) is 13.0. The molecule has 1 rings (SSSR count). The van der Waals surface area contributed by atoms with Crippen LogP contribution in [-0.4, -0.2) is 4.32 Å². The third-order valence-corrected chi connectivity index (χ3v) is 3.25. The molecule has 1 aromatic carbocycles. The minimum atomic E-state index is 0.204. The molecule has 0 unspecified atom stereocenters. The van der Waals surface area contributed by atoms with Crippen molar-refractivity contribution in [3.05, 3.63) is 35.4 Å². The molecule has 0 saturated carbocycles. The SMILES string of the molecule is CCCCCCc1ccc(CC(C)(C)Br)cc1. The van der Waals surface area contributed by atoms with E-state index in [-0.39, 0.29) is 4.32 Å². The number of unbranched alkanes of at least 4 members (excludes halogenated alkanes) is 3. The fraction of sp³-hybridized carbons (Fsp3) is 0.625. The van der Waals surface area contributed by atoms with E-state index in [0.29, 0.717) is 0 Å². The molecule has 0 saturated heterocycles. The van der Waals surface area contributed by atoms with E-state index in [1.807, 2.05) is 0 Å². The van der Waals surface area contributed by atoms with Crippen molar-refractivity contribution in [2.24, 2.45) is 0 Å². The quantitative estimate of drug-likeness (QED) is 0.459. The largest absolute Gasteiger partial charge is 0.0856 e. The Labute approximate surface area is 115 Å². The molecule has 0 nitrogen and oxygen atoms in total. The summed E-state index contributed by atoms with van der Waals surface area (Å²) in [5.74, 6) is 0. The molecule has 0 heterocycles. The van der Waals surface area contributed by atoms with Crippen LogP contribution in [0.25, 0.3) is 0 Å². The topological polar surface area (TPSA) is 0 Å². The summed E-state index contributed by atoms with van der Waals surface area (Å²) in [6, 6.07) is 9.14. The van der Waals surface area contributed by atoms with Gasteiger partial charge in [-0.1, -0.05) is 66.4 Å². The Kier molecular flexibility index (Phi) is 6.26. The van der Waals surface area contributed by atoms with Gasteiger partial charge in [0.25, 0.3) is 0 Å². The van der Waals surface area contributed by atoms with E-state index in [9.17, 15) is 0 Å². The molecule has 0 aliphatic heterocycles. The van der Waals surface area contributed by atoms with Crippen LogP contribution in [0.5, 0.6) is 0 Å². The molecule has 0 spiro atoms. The van der Waals surface area contributed by atoms with Crippen LogP contribution in [0.2, 0.25) is 0 Å². The second-order valence-electron chi connectivity index (χ2n) is 5.52. The third-order valence-electron chi connectivity index (χ3n) is 2.97. The summed E-state index contributed by atoms with van der Waals surface area (Å²) in [6.07, 6.45) is 7.71. The summed E-state index contributed by atoms with van der Waals surface area (Å²) < 4.78 is 0.204. The Morgan fingerprint density at radius 3 is 2.06 bits per heavy atom. The Bertz CT molecular complexity index is 305. The van der Waals surface area contributed by atoms with E-state index in [4.69, 9.17) is 0 Å². The first-order chi connectivity index (χ1) is 8.01. The zero-order valence-electron chi connectivity index (χ0n) is 11.4. The number of hydrogen-bond donors (Lipinski definition) is 0. The molecule has 17 heavy (non-hydrogen) atoms. The van der Waals surface area contributed by atoms with Gasteiger partial charge < -0.3 is 0 Å². The van der Waals surface area contributed by atoms with Crippen LogP contribution in [0.4, 0.5) is 0 Å². The van der Waals surface area contributed by atoms with Crippen molar-refractivity contribution >= 4 is 15.9 Å². The Morgan fingerprint density at radius 2 is 1.53 bits per heavy atom. The van der Waals surface area contributed by atoms with Gasteiger partial charge in [0, 0.05) is 4.32 Å². The van der Waals surface area contributed by atoms with Crippen molar-refractivity contribution in [2.75, 3.05) is 0 Å². The fourth-order valence-electron chi connectivity index (χ4n) is 2.07. The highest BCUT2D eigenvalue weighted by Gasteiger charge is 2.12. The van der Waals surface area contributed by atoms with E-state index >= 15 is 0 Å². The Morgan fingerprint density at radius 1 is 0.941 bits per heavy atom. The molecule has 0 amide bonds. The van der Waals surface area contributed by atoms with Gasteiger partial charge >= 0.3 is 0 Å². The maximum absolute atomic E-state index is 3.69. The lowest BCUT2D eigenvalue weighted by Crippen LogP contribution is -2.12.